The van der Waals surface area contributed by atoms with Crippen LogP contribution in [0, 0.1) is 0 Å². The molecule has 1 rings (SSSR count). The summed E-state index contributed by atoms with van der Waals surface area (Å²) in [4.78, 5) is 0. The maximum Gasteiger partial charge on any atom is 0.211 e. The molecule has 0 aromatic heterocycles. The Morgan fingerprint density at radius 2 is 1.93 bits per heavy atom. The zero-order valence-corrected chi connectivity index (χ0v) is 10.9. The van der Waals surface area contributed by atoms with Crippen LogP contribution >= 0.6 is 0 Å². The maximum atomic E-state index is 5.71. The van der Waals surface area contributed by atoms with Crippen molar-refractivity contribution in [2.75, 3.05) is 6.54 Å². The number of halogens is 2. The van der Waals surface area contributed by atoms with Gasteiger partial charge in [-0.15, -0.1) is 0 Å². The molecular weight excluding hydrogens is 239 g/mol. The third-order valence-electron chi connectivity index (χ3n) is 2.30. The van der Waals surface area contributed by atoms with Crippen LogP contribution in [0.15, 0.2) is 0 Å². The Morgan fingerprint density at radius 1 is 1.33 bits per heavy atom. The van der Waals surface area contributed by atoms with E-state index in [2.05, 4.69) is 11.5 Å². The van der Waals surface area contributed by atoms with Crippen LogP contribution in [-0.2, 0) is 9.47 Å². The van der Waals surface area contributed by atoms with Gasteiger partial charge in [-0.2, -0.15) is 0 Å². The van der Waals surface area contributed by atoms with Gasteiger partial charge in [-0.25, -0.2) is 0 Å². The fourth-order valence-electron chi connectivity index (χ4n) is 1.53. The minimum Gasteiger partial charge on any atom is -1.00 e. The van der Waals surface area contributed by atoms with Crippen molar-refractivity contribution >= 4 is 0 Å². The van der Waals surface area contributed by atoms with Gasteiger partial charge in [-0.3, -0.25) is 0 Å². The fraction of sp³-hybridized carbons (Fsp3) is 1.00. The van der Waals surface area contributed by atoms with Crippen LogP contribution in [0.25, 0.3) is 0 Å². The Morgan fingerprint density at radius 3 is 2.40 bits per heavy atom. The van der Waals surface area contributed by atoms with Crippen molar-refractivity contribution < 1.29 is 45.8 Å². The van der Waals surface area contributed by atoms with Gasteiger partial charge in [0.1, 0.15) is 18.7 Å². The van der Waals surface area contributed by atoms with Crippen molar-refractivity contribution in [3.05, 3.63) is 0 Å². The average Bonchev–Trinajstić information content (AvgIpc) is 2.08. The van der Waals surface area contributed by atoms with Gasteiger partial charge in [0.25, 0.3) is 0 Å². The lowest BCUT2D eigenvalue weighted by molar-refractivity contribution is -0.487. The minimum atomic E-state index is -0.125. The Labute approximate surface area is 104 Å². The molecule has 1 aliphatic rings. The molecule has 0 spiro atoms. The first-order valence-corrected chi connectivity index (χ1v) is 5.06. The fourth-order valence-corrected chi connectivity index (χ4v) is 1.53. The SMILES string of the molecule is CC(C)O[C@H]1O[C@H](C[NH3+])CC[C@@H]1[NH3+].[Cl-].[Cl-]. The molecule has 0 aromatic rings. The van der Waals surface area contributed by atoms with E-state index in [4.69, 9.17) is 9.47 Å². The van der Waals surface area contributed by atoms with Crippen molar-refractivity contribution in [3.63, 3.8) is 0 Å². The quantitative estimate of drug-likeness (QED) is 0.530. The summed E-state index contributed by atoms with van der Waals surface area (Å²) in [5, 5.41) is 0. The second-order valence-electron chi connectivity index (χ2n) is 3.94. The van der Waals surface area contributed by atoms with E-state index < -0.39 is 0 Å². The van der Waals surface area contributed by atoms with E-state index in [-0.39, 0.29) is 49.4 Å². The van der Waals surface area contributed by atoms with Crippen LogP contribution in [0.2, 0.25) is 0 Å². The molecular formula is C9H22Cl2N2O2. The van der Waals surface area contributed by atoms with Gasteiger partial charge in [0.15, 0.2) is 0 Å². The molecule has 1 heterocycles. The highest BCUT2D eigenvalue weighted by Crippen LogP contribution is 2.18. The lowest BCUT2D eigenvalue weighted by Gasteiger charge is -2.31. The molecule has 0 aromatic carbocycles. The lowest BCUT2D eigenvalue weighted by atomic mass is 10.0. The van der Waals surface area contributed by atoms with Gasteiger partial charge in [-0.1, -0.05) is 0 Å². The molecule has 94 valence electrons. The van der Waals surface area contributed by atoms with Gasteiger partial charge >= 0.3 is 0 Å². The van der Waals surface area contributed by atoms with Crippen molar-refractivity contribution in [2.45, 2.75) is 51.2 Å². The second kappa shape index (κ2) is 8.56. The number of hydrogen-bond acceptors (Lipinski definition) is 2. The van der Waals surface area contributed by atoms with Gasteiger partial charge in [0.05, 0.1) is 6.10 Å². The van der Waals surface area contributed by atoms with Crippen LogP contribution in [0.5, 0.6) is 0 Å². The zero-order valence-electron chi connectivity index (χ0n) is 9.42. The highest BCUT2D eigenvalue weighted by atomic mass is 35.5. The minimum absolute atomic E-state index is 0. The summed E-state index contributed by atoms with van der Waals surface area (Å²) in [6.07, 6.45) is 2.49. The number of hydrogen-bond donors (Lipinski definition) is 2. The first kappa shape index (κ1) is 17.8. The Kier molecular flexibility index (Phi) is 10.2. The first-order chi connectivity index (χ1) is 6.13. The topological polar surface area (TPSA) is 73.7 Å². The zero-order chi connectivity index (χ0) is 9.84. The molecule has 0 amide bonds. The number of rotatable bonds is 3. The molecule has 0 unspecified atom stereocenters. The Balaban J connectivity index is 0. The van der Waals surface area contributed by atoms with E-state index >= 15 is 0 Å². The summed E-state index contributed by atoms with van der Waals surface area (Å²) in [5.74, 6) is 0. The molecule has 4 nitrogen and oxygen atoms in total. The van der Waals surface area contributed by atoms with E-state index in [1.165, 1.54) is 0 Å². The van der Waals surface area contributed by atoms with E-state index in [0.29, 0.717) is 0 Å². The highest BCUT2D eigenvalue weighted by Gasteiger charge is 2.32. The molecule has 3 atom stereocenters. The Bertz CT molecular complexity index is 161. The summed E-state index contributed by atoms with van der Waals surface area (Å²) in [7, 11) is 0. The molecule has 0 aliphatic carbocycles. The predicted molar refractivity (Wildman–Crippen MR) is 48.5 cm³/mol. The number of ether oxygens (including phenoxy) is 2. The largest absolute Gasteiger partial charge is 1.00 e. The van der Waals surface area contributed by atoms with E-state index in [9.17, 15) is 0 Å². The van der Waals surface area contributed by atoms with Gasteiger partial charge < -0.3 is 45.8 Å². The molecule has 1 aliphatic heterocycles. The third-order valence-corrected chi connectivity index (χ3v) is 2.30. The van der Waals surface area contributed by atoms with Crippen LogP contribution in [0.1, 0.15) is 26.7 Å². The van der Waals surface area contributed by atoms with Gasteiger partial charge in [0, 0.05) is 6.42 Å². The molecule has 0 radical (unpaired) electrons. The third kappa shape index (κ3) is 5.90. The van der Waals surface area contributed by atoms with Crippen LogP contribution in [0.4, 0.5) is 0 Å². The van der Waals surface area contributed by atoms with Crippen molar-refractivity contribution in [3.8, 4) is 0 Å². The molecule has 0 saturated carbocycles. The molecule has 15 heavy (non-hydrogen) atoms. The smallest absolute Gasteiger partial charge is 0.211 e. The summed E-state index contributed by atoms with van der Waals surface area (Å²) in [6.45, 7) is 4.86. The monoisotopic (exact) mass is 260 g/mol. The van der Waals surface area contributed by atoms with Crippen LogP contribution in [-0.4, -0.2) is 31.1 Å². The summed E-state index contributed by atoms with van der Waals surface area (Å²) >= 11 is 0. The van der Waals surface area contributed by atoms with E-state index in [1.807, 2.05) is 13.8 Å². The average molecular weight is 261 g/mol. The van der Waals surface area contributed by atoms with E-state index in [0.717, 1.165) is 19.4 Å². The summed E-state index contributed by atoms with van der Waals surface area (Å²) in [6, 6.07) is 0.269. The molecule has 6 heteroatoms. The molecule has 6 N–H and O–H groups in total. The van der Waals surface area contributed by atoms with Crippen molar-refractivity contribution in [1.29, 1.82) is 0 Å². The summed E-state index contributed by atoms with van der Waals surface area (Å²) in [5.41, 5.74) is 7.88. The maximum absolute atomic E-state index is 5.71. The second-order valence-corrected chi connectivity index (χ2v) is 3.94. The molecule has 1 fully saturated rings. The first-order valence-electron chi connectivity index (χ1n) is 5.06. The lowest BCUT2D eigenvalue weighted by Crippen LogP contribution is -3.00. The molecule has 0 bridgehead atoms. The summed E-state index contributed by atoms with van der Waals surface area (Å²) < 4.78 is 11.3. The highest BCUT2D eigenvalue weighted by molar-refractivity contribution is 4.71. The molecule has 1 saturated heterocycles. The number of quaternary nitrogens is 2. The van der Waals surface area contributed by atoms with Gasteiger partial charge in [-0.05, 0) is 20.3 Å². The Hall–Kier alpha value is 0.420. The van der Waals surface area contributed by atoms with Crippen LogP contribution < -0.4 is 36.3 Å². The predicted octanol–water partition coefficient (Wildman–Crippen LogP) is -7.22. The van der Waals surface area contributed by atoms with E-state index in [1.54, 1.807) is 0 Å². The van der Waals surface area contributed by atoms with Gasteiger partial charge in [0.2, 0.25) is 6.29 Å². The normalized spacial score (nSPS) is 30.6. The van der Waals surface area contributed by atoms with Crippen molar-refractivity contribution in [1.82, 2.24) is 0 Å². The van der Waals surface area contributed by atoms with Crippen LogP contribution in [0.3, 0.4) is 0 Å². The standard InChI is InChI=1S/C9H20N2O2.2ClH/c1-6(2)12-9-8(11)4-3-7(5-10)13-9;;/h6-9H,3-5,10-11H2,1-2H3;2*1H/t7-,8-,9-;;/m0../s1. The van der Waals surface area contributed by atoms with Crippen molar-refractivity contribution in [2.24, 2.45) is 0 Å².